The van der Waals surface area contributed by atoms with Gasteiger partial charge in [-0.25, -0.2) is 9.37 Å². The summed E-state index contributed by atoms with van der Waals surface area (Å²) in [6.07, 6.45) is 2.47. The van der Waals surface area contributed by atoms with Gasteiger partial charge in [-0.2, -0.15) is 0 Å². The highest BCUT2D eigenvalue weighted by Gasteiger charge is 2.21. The molecule has 1 aromatic carbocycles. The molecule has 0 bridgehead atoms. The molecule has 0 saturated carbocycles. The average Bonchev–Trinajstić information content (AvgIpc) is 3.05. The van der Waals surface area contributed by atoms with E-state index in [1.54, 1.807) is 47.0 Å². The summed E-state index contributed by atoms with van der Waals surface area (Å²) in [5.74, 6) is -1.06. The minimum Gasteiger partial charge on any atom is -0.349 e. The van der Waals surface area contributed by atoms with Crippen molar-refractivity contribution in [3.05, 3.63) is 71.6 Å². The molecular formula is C19H19FN4O2. The molecule has 2 amide bonds. The molecule has 3 aromatic rings. The van der Waals surface area contributed by atoms with Crippen molar-refractivity contribution in [3.8, 4) is 0 Å². The minimum atomic E-state index is -0.466. The van der Waals surface area contributed by atoms with Gasteiger partial charge in [0.05, 0.1) is 5.52 Å². The molecule has 0 unspecified atom stereocenters. The number of rotatable bonds is 6. The Morgan fingerprint density at radius 1 is 1.08 bits per heavy atom. The second-order valence-electron chi connectivity index (χ2n) is 5.77. The standard InChI is InChI=1S/C19H19FN4O2/c1-2-10-21-19(26)17-23-16(15-9-5-6-11-24(15)17)18(25)22-12-13-7-3-4-8-14(13)20/h3-9,11H,2,10,12H2,1H3,(H,21,26)(H,22,25). The van der Waals surface area contributed by atoms with Crippen molar-refractivity contribution in [3.63, 3.8) is 0 Å². The number of hydrogen-bond donors (Lipinski definition) is 2. The third-order valence-electron chi connectivity index (χ3n) is 3.90. The van der Waals surface area contributed by atoms with Crippen LogP contribution in [0.5, 0.6) is 0 Å². The van der Waals surface area contributed by atoms with Crippen LogP contribution in [0.4, 0.5) is 4.39 Å². The first kappa shape index (κ1) is 17.6. The Hall–Kier alpha value is -3.22. The summed E-state index contributed by atoms with van der Waals surface area (Å²) in [6, 6.07) is 11.5. The zero-order chi connectivity index (χ0) is 18.5. The highest BCUT2D eigenvalue weighted by atomic mass is 19.1. The van der Waals surface area contributed by atoms with Crippen LogP contribution in [0, 0.1) is 5.82 Å². The second kappa shape index (κ2) is 7.77. The Balaban J connectivity index is 1.86. The van der Waals surface area contributed by atoms with Crippen molar-refractivity contribution >= 4 is 17.3 Å². The van der Waals surface area contributed by atoms with E-state index in [-0.39, 0.29) is 29.8 Å². The third-order valence-corrected chi connectivity index (χ3v) is 3.90. The second-order valence-corrected chi connectivity index (χ2v) is 5.77. The van der Waals surface area contributed by atoms with Gasteiger partial charge in [0.15, 0.2) is 5.69 Å². The molecule has 0 aliphatic heterocycles. The molecule has 3 rings (SSSR count). The fourth-order valence-corrected chi connectivity index (χ4v) is 2.58. The van der Waals surface area contributed by atoms with E-state index in [1.165, 1.54) is 6.07 Å². The summed E-state index contributed by atoms with van der Waals surface area (Å²) in [4.78, 5) is 29.1. The van der Waals surface area contributed by atoms with E-state index in [0.717, 1.165) is 6.42 Å². The van der Waals surface area contributed by atoms with Gasteiger partial charge in [-0.05, 0) is 24.6 Å². The number of amides is 2. The zero-order valence-electron chi connectivity index (χ0n) is 14.3. The molecule has 134 valence electrons. The van der Waals surface area contributed by atoms with Gasteiger partial charge in [-0.15, -0.1) is 0 Å². The summed E-state index contributed by atoms with van der Waals surface area (Å²) in [6.45, 7) is 2.51. The van der Waals surface area contributed by atoms with Gasteiger partial charge in [-0.3, -0.25) is 14.0 Å². The molecule has 0 saturated heterocycles. The SMILES string of the molecule is CCCNC(=O)c1nc(C(=O)NCc2ccccc2F)c2ccccn12. The van der Waals surface area contributed by atoms with Crippen LogP contribution in [0.3, 0.4) is 0 Å². The summed E-state index contributed by atoms with van der Waals surface area (Å²) >= 11 is 0. The van der Waals surface area contributed by atoms with Gasteiger partial charge in [0.25, 0.3) is 11.8 Å². The van der Waals surface area contributed by atoms with Crippen molar-refractivity contribution in [2.45, 2.75) is 19.9 Å². The van der Waals surface area contributed by atoms with E-state index < -0.39 is 5.91 Å². The lowest BCUT2D eigenvalue weighted by Gasteiger charge is -2.05. The number of carbonyl (C=O) groups excluding carboxylic acids is 2. The maximum atomic E-state index is 13.7. The predicted octanol–water partition coefficient (Wildman–Crippen LogP) is 2.54. The highest BCUT2D eigenvalue weighted by Crippen LogP contribution is 2.14. The van der Waals surface area contributed by atoms with Crippen LogP contribution >= 0.6 is 0 Å². The number of nitrogens with zero attached hydrogens (tertiary/aromatic N) is 2. The molecule has 2 aromatic heterocycles. The maximum Gasteiger partial charge on any atom is 0.287 e. The van der Waals surface area contributed by atoms with Crippen molar-refractivity contribution in [1.82, 2.24) is 20.0 Å². The Kier molecular flexibility index (Phi) is 5.26. The molecule has 0 aliphatic carbocycles. The number of imidazole rings is 1. The Labute approximate surface area is 150 Å². The lowest BCUT2D eigenvalue weighted by atomic mass is 10.2. The van der Waals surface area contributed by atoms with Gasteiger partial charge in [0.2, 0.25) is 5.82 Å². The fourth-order valence-electron chi connectivity index (χ4n) is 2.58. The van der Waals surface area contributed by atoms with Crippen molar-refractivity contribution in [2.24, 2.45) is 0 Å². The van der Waals surface area contributed by atoms with Crippen molar-refractivity contribution < 1.29 is 14.0 Å². The fraction of sp³-hybridized carbons (Fsp3) is 0.211. The maximum absolute atomic E-state index is 13.7. The minimum absolute atomic E-state index is 0.0364. The first-order chi connectivity index (χ1) is 12.6. The Morgan fingerprint density at radius 3 is 2.62 bits per heavy atom. The third kappa shape index (κ3) is 3.56. The average molecular weight is 354 g/mol. The van der Waals surface area contributed by atoms with Gasteiger partial charge < -0.3 is 10.6 Å². The number of hydrogen-bond acceptors (Lipinski definition) is 3. The molecule has 26 heavy (non-hydrogen) atoms. The molecule has 7 heteroatoms. The quantitative estimate of drug-likeness (QED) is 0.714. The molecule has 0 atom stereocenters. The van der Waals surface area contributed by atoms with Crippen LogP contribution in [-0.4, -0.2) is 27.7 Å². The van der Waals surface area contributed by atoms with Gasteiger partial charge in [-0.1, -0.05) is 31.2 Å². The zero-order valence-corrected chi connectivity index (χ0v) is 14.3. The molecule has 2 N–H and O–H groups in total. The summed E-state index contributed by atoms with van der Waals surface area (Å²) in [5.41, 5.74) is 1.02. The van der Waals surface area contributed by atoms with Crippen LogP contribution in [0.2, 0.25) is 0 Å². The number of pyridine rings is 1. The van der Waals surface area contributed by atoms with E-state index in [1.807, 2.05) is 6.92 Å². The van der Waals surface area contributed by atoms with Crippen LogP contribution in [0.15, 0.2) is 48.7 Å². The van der Waals surface area contributed by atoms with Crippen molar-refractivity contribution in [2.75, 3.05) is 6.54 Å². The number of benzene rings is 1. The molecular weight excluding hydrogens is 335 g/mol. The first-order valence-electron chi connectivity index (χ1n) is 8.38. The number of carbonyl (C=O) groups is 2. The molecule has 0 fully saturated rings. The first-order valence-corrected chi connectivity index (χ1v) is 8.38. The van der Waals surface area contributed by atoms with Crippen LogP contribution in [-0.2, 0) is 6.54 Å². The summed E-state index contributed by atoms with van der Waals surface area (Å²) in [5, 5.41) is 5.41. The van der Waals surface area contributed by atoms with E-state index in [9.17, 15) is 14.0 Å². The normalized spacial score (nSPS) is 10.7. The van der Waals surface area contributed by atoms with Gasteiger partial charge in [0.1, 0.15) is 5.82 Å². The summed E-state index contributed by atoms with van der Waals surface area (Å²) < 4.78 is 15.3. The number of aromatic nitrogens is 2. The van der Waals surface area contributed by atoms with Crippen LogP contribution in [0.25, 0.3) is 5.52 Å². The monoisotopic (exact) mass is 354 g/mol. The lowest BCUT2D eigenvalue weighted by Crippen LogP contribution is -2.26. The molecule has 2 heterocycles. The molecule has 0 spiro atoms. The van der Waals surface area contributed by atoms with E-state index in [0.29, 0.717) is 17.6 Å². The van der Waals surface area contributed by atoms with E-state index >= 15 is 0 Å². The van der Waals surface area contributed by atoms with Crippen molar-refractivity contribution in [1.29, 1.82) is 0 Å². The molecule has 0 aliphatic rings. The molecule has 0 radical (unpaired) electrons. The summed E-state index contributed by atoms with van der Waals surface area (Å²) in [7, 11) is 0. The van der Waals surface area contributed by atoms with E-state index in [2.05, 4.69) is 15.6 Å². The topological polar surface area (TPSA) is 75.5 Å². The number of nitrogens with one attached hydrogen (secondary N) is 2. The highest BCUT2D eigenvalue weighted by molar-refractivity contribution is 6.02. The Bertz CT molecular complexity index is 952. The molecule has 6 nitrogen and oxygen atoms in total. The van der Waals surface area contributed by atoms with Crippen LogP contribution < -0.4 is 10.6 Å². The largest absolute Gasteiger partial charge is 0.349 e. The van der Waals surface area contributed by atoms with Crippen LogP contribution in [0.1, 0.15) is 40.0 Å². The lowest BCUT2D eigenvalue weighted by molar-refractivity contribution is 0.0942. The van der Waals surface area contributed by atoms with E-state index in [4.69, 9.17) is 0 Å². The van der Waals surface area contributed by atoms with Gasteiger partial charge >= 0.3 is 0 Å². The predicted molar refractivity (Wildman–Crippen MR) is 95.4 cm³/mol. The number of fused-ring (bicyclic) bond motifs is 1. The number of halogens is 1. The smallest absolute Gasteiger partial charge is 0.287 e. The Morgan fingerprint density at radius 2 is 1.85 bits per heavy atom. The van der Waals surface area contributed by atoms with Gasteiger partial charge in [0, 0.05) is 24.8 Å².